The zero-order valence-electron chi connectivity index (χ0n) is 11.1. The zero-order chi connectivity index (χ0) is 14.1. The molecule has 0 bridgehead atoms. The second kappa shape index (κ2) is 5.34. The first-order valence-electron chi connectivity index (χ1n) is 6.24. The molecule has 0 aliphatic rings. The minimum Gasteiger partial charge on any atom is -0.359 e. The van der Waals surface area contributed by atoms with Crippen LogP contribution in [0, 0.1) is 6.92 Å². The molecule has 0 radical (unpaired) electrons. The van der Waals surface area contributed by atoms with Gasteiger partial charge in [-0.1, -0.05) is 35.9 Å². The van der Waals surface area contributed by atoms with E-state index in [9.17, 15) is 0 Å². The van der Waals surface area contributed by atoms with Crippen LogP contribution in [0.2, 0.25) is 5.15 Å². The van der Waals surface area contributed by atoms with E-state index in [1.807, 2.05) is 36.6 Å². The number of nitrogens with zero attached hydrogens (tertiary/aromatic N) is 3. The zero-order valence-corrected chi connectivity index (χ0v) is 12.7. The van der Waals surface area contributed by atoms with Crippen LogP contribution in [-0.4, -0.2) is 15.2 Å². The number of anilines is 1. The number of benzene rings is 1. The van der Waals surface area contributed by atoms with Gasteiger partial charge < -0.3 is 5.32 Å². The summed E-state index contributed by atoms with van der Waals surface area (Å²) in [6.45, 7) is 4.05. The fraction of sp³-hybridized carbons (Fsp3) is 0.214. The Hall–Kier alpha value is -1.72. The predicted molar refractivity (Wildman–Crippen MR) is 83.4 cm³/mol. The summed E-state index contributed by atoms with van der Waals surface area (Å²) in [5, 5.41) is 16.9. The maximum atomic E-state index is 6.07. The number of rotatable bonds is 3. The largest absolute Gasteiger partial charge is 0.359 e. The lowest BCUT2D eigenvalue weighted by Crippen LogP contribution is -2.09. The van der Waals surface area contributed by atoms with Crippen molar-refractivity contribution in [3.63, 3.8) is 0 Å². The molecule has 4 nitrogen and oxygen atoms in total. The van der Waals surface area contributed by atoms with E-state index in [1.54, 1.807) is 11.3 Å². The van der Waals surface area contributed by atoms with Crippen LogP contribution in [0.25, 0.3) is 10.8 Å². The second-order valence-corrected chi connectivity index (χ2v) is 5.83. The molecule has 6 heteroatoms. The molecular weight excluding hydrogens is 292 g/mol. The molecule has 3 aromatic rings. The van der Waals surface area contributed by atoms with E-state index in [2.05, 4.69) is 27.4 Å². The molecule has 0 aliphatic heterocycles. The van der Waals surface area contributed by atoms with E-state index >= 15 is 0 Å². The van der Waals surface area contributed by atoms with Crippen molar-refractivity contribution in [3.8, 4) is 0 Å². The monoisotopic (exact) mass is 304 g/mol. The van der Waals surface area contributed by atoms with Gasteiger partial charge in [0.1, 0.15) is 5.01 Å². The van der Waals surface area contributed by atoms with Crippen LogP contribution in [-0.2, 0) is 0 Å². The van der Waals surface area contributed by atoms with Gasteiger partial charge in [0.2, 0.25) is 0 Å². The van der Waals surface area contributed by atoms with Gasteiger partial charge in [0.15, 0.2) is 11.0 Å². The van der Waals surface area contributed by atoms with Gasteiger partial charge in [0.25, 0.3) is 0 Å². The number of aromatic nitrogens is 3. The van der Waals surface area contributed by atoms with E-state index in [0.29, 0.717) is 5.15 Å². The quantitative estimate of drug-likeness (QED) is 0.787. The Kier molecular flexibility index (Phi) is 3.54. The highest BCUT2D eigenvalue weighted by Gasteiger charge is 2.13. The van der Waals surface area contributed by atoms with Gasteiger partial charge >= 0.3 is 0 Å². The fourth-order valence-corrected chi connectivity index (χ4v) is 3.02. The third-order valence-electron chi connectivity index (χ3n) is 3.00. The first kappa shape index (κ1) is 13.3. The van der Waals surface area contributed by atoms with Crippen LogP contribution < -0.4 is 5.32 Å². The number of aryl methyl sites for hydroxylation is 1. The number of nitrogens with one attached hydrogen (secondary N) is 1. The number of thiazole rings is 1. The van der Waals surface area contributed by atoms with Crippen LogP contribution in [0.15, 0.2) is 29.6 Å². The topological polar surface area (TPSA) is 50.7 Å². The van der Waals surface area contributed by atoms with Crippen molar-refractivity contribution in [2.75, 3.05) is 5.32 Å². The molecule has 2 aromatic heterocycles. The van der Waals surface area contributed by atoms with Gasteiger partial charge in [-0.3, -0.25) is 0 Å². The Morgan fingerprint density at radius 2 is 1.95 bits per heavy atom. The lowest BCUT2D eigenvalue weighted by Gasteiger charge is -2.13. The molecule has 1 aromatic carbocycles. The number of hydrogen-bond acceptors (Lipinski definition) is 5. The highest BCUT2D eigenvalue weighted by molar-refractivity contribution is 7.09. The van der Waals surface area contributed by atoms with E-state index in [4.69, 9.17) is 11.6 Å². The van der Waals surface area contributed by atoms with Crippen molar-refractivity contribution in [2.45, 2.75) is 19.9 Å². The van der Waals surface area contributed by atoms with Crippen molar-refractivity contribution in [1.29, 1.82) is 0 Å². The molecule has 1 atom stereocenters. The Balaban J connectivity index is 1.97. The van der Waals surface area contributed by atoms with Gasteiger partial charge in [-0.2, -0.15) is 0 Å². The fourth-order valence-electron chi connectivity index (χ4n) is 2.02. The van der Waals surface area contributed by atoms with E-state index < -0.39 is 0 Å². The Morgan fingerprint density at radius 1 is 1.20 bits per heavy atom. The number of fused-ring (bicyclic) bond motifs is 1. The molecular formula is C14H13ClN4S. The van der Waals surface area contributed by atoms with Crippen LogP contribution in [0.4, 0.5) is 5.82 Å². The standard InChI is InChI=1S/C14H13ClN4S/c1-8-7-20-14(16-8)9(2)17-13-11-6-4-3-5-10(11)12(15)18-19-13/h3-7,9H,1-2H3,(H,17,19). The Morgan fingerprint density at radius 3 is 2.65 bits per heavy atom. The molecule has 3 rings (SSSR count). The van der Waals surface area contributed by atoms with Gasteiger partial charge in [0.05, 0.1) is 6.04 Å². The minimum absolute atomic E-state index is 0.0765. The van der Waals surface area contributed by atoms with Crippen molar-refractivity contribution < 1.29 is 0 Å². The summed E-state index contributed by atoms with van der Waals surface area (Å²) in [6, 6.07) is 7.90. The SMILES string of the molecule is Cc1csc(C(C)Nc2nnc(Cl)c3ccccc23)n1. The molecule has 1 N–H and O–H groups in total. The summed E-state index contributed by atoms with van der Waals surface area (Å²) >= 11 is 7.71. The smallest absolute Gasteiger partial charge is 0.159 e. The molecule has 0 spiro atoms. The molecule has 102 valence electrons. The van der Waals surface area contributed by atoms with Crippen LogP contribution in [0.1, 0.15) is 23.7 Å². The van der Waals surface area contributed by atoms with Crippen LogP contribution >= 0.6 is 22.9 Å². The van der Waals surface area contributed by atoms with Crippen LogP contribution in [0.3, 0.4) is 0 Å². The Labute approximate surface area is 125 Å². The first-order valence-corrected chi connectivity index (χ1v) is 7.50. The average Bonchev–Trinajstić information content (AvgIpc) is 2.89. The van der Waals surface area contributed by atoms with Crippen molar-refractivity contribution in [3.05, 3.63) is 45.5 Å². The lowest BCUT2D eigenvalue weighted by atomic mass is 10.2. The number of hydrogen-bond donors (Lipinski definition) is 1. The van der Waals surface area contributed by atoms with E-state index in [0.717, 1.165) is 27.3 Å². The average molecular weight is 305 g/mol. The Bertz CT molecular complexity index is 756. The summed E-state index contributed by atoms with van der Waals surface area (Å²) in [5.41, 5.74) is 1.03. The summed E-state index contributed by atoms with van der Waals surface area (Å²) in [5.74, 6) is 0.727. The molecule has 2 heterocycles. The van der Waals surface area contributed by atoms with Gasteiger partial charge in [-0.05, 0) is 13.8 Å². The maximum Gasteiger partial charge on any atom is 0.159 e. The van der Waals surface area contributed by atoms with E-state index in [1.165, 1.54) is 0 Å². The first-order chi connectivity index (χ1) is 9.65. The van der Waals surface area contributed by atoms with Crippen LogP contribution in [0.5, 0.6) is 0 Å². The van der Waals surface area contributed by atoms with Crippen molar-refractivity contribution in [2.24, 2.45) is 0 Å². The third-order valence-corrected chi connectivity index (χ3v) is 4.43. The summed E-state index contributed by atoms with van der Waals surface area (Å²) in [6.07, 6.45) is 0. The van der Waals surface area contributed by atoms with Crippen molar-refractivity contribution >= 4 is 39.5 Å². The maximum absolute atomic E-state index is 6.07. The normalized spacial score (nSPS) is 12.6. The molecule has 1 unspecified atom stereocenters. The minimum atomic E-state index is 0.0765. The van der Waals surface area contributed by atoms with Gasteiger partial charge in [-0.15, -0.1) is 21.5 Å². The molecule has 0 aliphatic carbocycles. The molecule has 20 heavy (non-hydrogen) atoms. The molecule has 0 fully saturated rings. The highest BCUT2D eigenvalue weighted by Crippen LogP contribution is 2.28. The molecule has 0 saturated carbocycles. The summed E-state index contributed by atoms with van der Waals surface area (Å²) in [7, 11) is 0. The highest BCUT2D eigenvalue weighted by atomic mass is 35.5. The van der Waals surface area contributed by atoms with Gasteiger partial charge in [0, 0.05) is 21.8 Å². The number of halogens is 1. The van der Waals surface area contributed by atoms with E-state index in [-0.39, 0.29) is 6.04 Å². The molecule has 0 amide bonds. The lowest BCUT2D eigenvalue weighted by molar-refractivity contribution is 0.848. The summed E-state index contributed by atoms with van der Waals surface area (Å²) in [4.78, 5) is 4.49. The van der Waals surface area contributed by atoms with Crippen molar-refractivity contribution in [1.82, 2.24) is 15.2 Å². The second-order valence-electron chi connectivity index (χ2n) is 4.58. The molecule has 0 saturated heterocycles. The van der Waals surface area contributed by atoms with Gasteiger partial charge in [-0.25, -0.2) is 4.98 Å². The third kappa shape index (κ3) is 2.46. The summed E-state index contributed by atoms with van der Waals surface area (Å²) < 4.78 is 0. The predicted octanol–water partition coefficient (Wildman–Crippen LogP) is 4.22.